The fourth-order valence-corrected chi connectivity index (χ4v) is 2.67. The van der Waals surface area contributed by atoms with Crippen LogP contribution in [0.15, 0.2) is 12.2 Å². The molecule has 0 saturated heterocycles. The molecule has 0 aromatic rings. The second-order valence-electron chi connectivity index (χ2n) is 7.04. The molecule has 0 aliphatic rings. The summed E-state index contributed by atoms with van der Waals surface area (Å²) < 4.78 is 4.84. The van der Waals surface area contributed by atoms with Crippen molar-refractivity contribution in [2.24, 2.45) is 0 Å². The zero-order valence-corrected chi connectivity index (χ0v) is 16.6. The summed E-state index contributed by atoms with van der Waals surface area (Å²) in [6, 6.07) is 0. The number of unbranched alkanes of at least 4 members (excludes halogenated alkanes) is 8. The smallest absolute Gasteiger partial charge is 0.305 e. The van der Waals surface area contributed by atoms with Crippen molar-refractivity contribution < 1.29 is 24.9 Å². The lowest BCUT2D eigenvalue weighted by molar-refractivity contribution is -0.147. The quantitative estimate of drug-likeness (QED) is 0.193. The molecule has 0 saturated carbocycles. The van der Waals surface area contributed by atoms with E-state index < -0.39 is 6.10 Å². The summed E-state index contributed by atoms with van der Waals surface area (Å²) in [5.74, 6) is -0.311. The summed E-state index contributed by atoms with van der Waals surface area (Å²) in [4.78, 5) is 11.4. The predicted octanol–water partition coefficient (Wildman–Crippen LogP) is 3.89. The van der Waals surface area contributed by atoms with Crippen molar-refractivity contribution in [2.45, 2.75) is 103 Å². The Labute approximate surface area is 159 Å². The predicted molar refractivity (Wildman–Crippen MR) is 105 cm³/mol. The molecule has 0 aliphatic heterocycles. The number of allylic oxidation sites excluding steroid dienone is 1. The van der Waals surface area contributed by atoms with Gasteiger partial charge in [0, 0.05) is 6.42 Å². The van der Waals surface area contributed by atoms with E-state index in [4.69, 9.17) is 14.9 Å². The third-order valence-corrected chi connectivity index (χ3v) is 4.36. The molecule has 5 heteroatoms. The van der Waals surface area contributed by atoms with E-state index in [1.165, 1.54) is 19.3 Å². The number of rotatable bonds is 18. The Kier molecular flexibility index (Phi) is 18.2. The molecular weight excluding hydrogens is 332 g/mol. The van der Waals surface area contributed by atoms with Gasteiger partial charge in [0.2, 0.25) is 0 Å². The Morgan fingerprint density at radius 2 is 1.62 bits per heavy atom. The highest BCUT2D eigenvalue weighted by Gasteiger charge is 2.07. The van der Waals surface area contributed by atoms with Gasteiger partial charge in [-0.25, -0.2) is 0 Å². The lowest BCUT2D eigenvalue weighted by Gasteiger charge is -2.08. The van der Waals surface area contributed by atoms with Gasteiger partial charge in [0.05, 0.1) is 12.7 Å². The standard InChI is InChI=1S/C21H40O5/c1-2-3-4-11-14-19(23)15-12-9-7-5-6-8-10-13-16-21(25)26-18-20(24)17-22/h9,12,19-20,22-24H,2-8,10-11,13-18H2,1H3/t19-,20?/m1/s1. The van der Waals surface area contributed by atoms with Crippen LogP contribution in [0.4, 0.5) is 0 Å². The molecule has 2 atom stereocenters. The highest BCUT2D eigenvalue weighted by molar-refractivity contribution is 5.69. The first-order chi connectivity index (χ1) is 12.6. The highest BCUT2D eigenvalue weighted by Crippen LogP contribution is 2.10. The van der Waals surface area contributed by atoms with Crippen LogP contribution in [0.5, 0.6) is 0 Å². The zero-order valence-electron chi connectivity index (χ0n) is 16.6. The van der Waals surface area contributed by atoms with E-state index in [9.17, 15) is 9.90 Å². The molecule has 0 rings (SSSR count). The van der Waals surface area contributed by atoms with Gasteiger partial charge in [-0.2, -0.15) is 0 Å². The topological polar surface area (TPSA) is 87.0 Å². The summed E-state index contributed by atoms with van der Waals surface area (Å²) in [5, 5.41) is 27.6. The normalized spacial score (nSPS) is 13.8. The van der Waals surface area contributed by atoms with Crippen LogP contribution in [0, 0.1) is 0 Å². The Balaban J connectivity index is 3.36. The monoisotopic (exact) mass is 372 g/mol. The van der Waals surface area contributed by atoms with Gasteiger partial charge in [-0.3, -0.25) is 4.79 Å². The average molecular weight is 373 g/mol. The molecule has 0 fully saturated rings. The van der Waals surface area contributed by atoms with Crippen molar-refractivity contribution in [2.75, 3.05) is 13.2 Å². The van der Waals surface area contributed by atoms with E-state index >= 15 is 0 Å². The van der Waals surface area contributed by atoms with E-state index in [2.05, 4.69) is 19.1 Å². The van der Waals surface area contributed by atoms with Crippen LogP contribution < -0.4 is 0 Å². The fourth-order valence-electron chi connectivity index (χ4n) is 2.67. The molecule has 0 spiro atoms. The first-order valence-corrected chi connectivity index (χ1v) is 10.4. The molecule has 0 aromatic heterocycles. The van der Waals surface area contributed by atoms with Crippen LogP contribution in [0.3, 0.4) is 0 Å². The van der Waals surface area contributed by atoms with Crippen LogP contribution in [0.1, 0.15) is 90.4 Å². The van der Waals surface area contributed by atoms with Crippen LogP contribution >= 0.6 is 0 Å². The SMILES string of the molecule is CCCCCC[C@@H](O)CC=CCCCCCCCC(=O)OCC(O)CO. The number of aliphatic hydroxyl groups is 3. The minimum Gasteiger partial charge on any atom is -0.463 e. The largest absolute Gasteiger partial charge is 0.463 e. The molecule has 0 bridgehead atoms. The van der Waals surface area contributed by atoms with Crippen molar-refractivity contribution in [3.05, 3.63) is 12.2 Å². The van der Waals surface area contributed by atoms with E-state index in [1.54, 1.807) is 0 Å². The highest BCUT2D eigenvalue weighted by atomic mass is 16.5. The van der Waals surface area contributed by atoms with Gasteiger partial charge in [-0.15, -0.1) is 0 Å². The summed E-state index contributed by atoms with van der Waals surface area (Å²) in [6.07, 6.45) is 16.2. The first kappa shape index (κ1) is 25.1. The third kappa shape index (κ3) is 17.9. The van der Waals surface area contributed by atoms with E-state index in [1.807, 2.05) is 0 Å². The van der Waals surface area contributed by atoms with Crippen LogP contribution in [-0.2, 0) is 9.53 Å². The van der Waals surface area contributed by atoms with E-state index in [0.29, 0.717) is 6.42 Å². The lowest BCUT2D eigenvalue weighted by atomic mass is 10.1. The van der Waals surface area contributed by atoms with Gasteiger partial charge in [-0.1, -0.05) is 64.0 Å². The molecule has 1 unspecified atom stereocenters. The molecule has 0 amide bonds. The number of carbonyl (C=O) groups excluding carboxylic acids is 1. The molecule has 0 aliphatic carbocycles. The van der Waals surface area contributed by atoms with Crippen molar-refractivity contribution in [1.29, 1.82) is 0 Å². The Morgan fingerprint density at radius 1 is 0.923 bits per heavy atom. The van der Waals surface area contributed by atoms with E-state index in [-0.39, 0.29) is 25.3 Å². The van der Waals surface area contributed by atoms with Gasteiger partial charge in [0.1, 0.15) is 12.7 Å². The van der Waals surface area contributed by atoms with Gasteiger partial charge < -0.3 is 20.1 Å². The minimum absolute atomic E-state index is 0.130. The van der Waals surface area contributed by atoms with Gasteiger partial charge in [0.15, 0.2) is 0 Å². The first-order valence-electron chi connectivity index (χ1n) is 10.4. The summed E-state index contributed by atoms with van der Waals surface area (Å²) in [5.41, 5.74) is 0. The van der Waals surface area contributed by atoms with E-state index in [0.717, 1.165) is 57.8 Å². The number of esters is 1. The van der Waals surface area contributed by atoms with Gasteiger partial charge >= 0.3 is 5.97 Å². The summed E-state index contributed by atoms with van der Waals surface area (Å²) in [6.45, 7) is 1.68. The molecule has 0 radical (unpaired) electrons. The molecule has 0 heterocycles. The maximum absolute atomic E-state index is 11.4. The maximum Gasteiger partial charge on any atom is 0.305 e. The molecular formula is C21H40O5. The Hall–Kier alpha value is -0.910. The fraction of sp³-hybridized carbons (Fsp3) is 0.857. The van der Waals surface area contributed by atoms with Crippen LogP contribution in [0.2, 0.25) is 0 Å². The van der Waals surface area contributed by atoms with Gasteiger partial charge in [0.25, 0.3) is 0 Å². The zero-order chi connectivity index (χ0) is 19.5. The maximum atomic E-state index is 11.4. The lowest BCUT2D eigenvalue weighted by Crippen LogP contribution is -2.21. The number of hydrogen-bond acceptors (Lipinski definition) is 5. The molecule has 154 valence electrons. The molecule has 3 N–H and O–H groups in total. The van der Waals surface area contributed by atoms with Crippen molar-refractivity contribution >= 4 is 5.97 Å². The van der Waals surface area contributed by atoms with Crippen molar-refractivity contribution in [1.82, 2.24) is 0 Å². The van der Waals surface area contributed by atoms with Crippen LogP contribution in [0.25, 0.3) is 0 Å². The molecule has 26 heavy (non-hydrogen) atoms. The van der Waals surface area contributed by atoms with Crippen LogP contribution in [-0.4, -0.2) is 46.7 Å². The summed E-state index contributed by atoms with van der Waals surface area (Å²) in [7, 11) is 0. The Bertz CT molecular complexity index is 343. The molecule has 5 nitrogen and oxygen atoms in total. The number of hydrogen-bond donors (Lipinski definition) is 3. The second-order valence-corrected chi connectivity index (χ2v) is 7.04. The van der Waals surface area contributed by atoms with Gasteiger partial charge in [-0.05, 0) is 32.1 Å². The number of ether oxygens (including phenoxy) is 1. The van der Waals surface area contributed by atoms with Crippen molar-refractivity contribution in [3.63, 3.8) is 0 Å². The second kappa shape index (κ2) is 18.9. The van der Waals surface area contributed by atoms with Crippen molar-refractivity contribution in [3.8, 4) is 0 Å². The number of carbonyl (C=O) groups is 1. The Morgan fingerprint density at radius 3 is 2.35 bits per heavy atom. The third-order valence-electron chi connectivity index (χ3n) is 4.36. The average Bonchev–Trinajstić information content (AvgIpc) is 2.64. The molecule has 0 aromatic carbocycles. The number of aliphatic hydroxyl groups excluding tert-OH is 3. The summed E-state index contributed by atoms with van der Waals surface area (Å²) >= 11 is 0. The minimum atomic E-state index is -0.978.